The van der Waals surface area contributed by atoms with Gasteiger partial charge in [0.05, 0.1) is 7.11 Å². The van der Waals surface area contributed by atoms with E-state index in [0.717, 1.165) is 39.8 Å². The van der Waals surface area contributed by atoms with E-state index >= 15 is 0 Å². The highest BCUT2D eigenvalue weighted by Crippen LogP contribution is 2.26. The van der Waals surface area contributed by atoms with Crippen LogP contribution in [0.15, 0.2) is 42.6 Å². The number of ether oxygens (including phenoxy) is 1. The minimum atomic E-state index is -0.147. The quantitative estimate of drug-likeness (QED) is 0.723. The maximum atomic E-state index is 12.5. The molecule has 0 saturated heterocycles. The Balaban J connectivity index is 1.84. The molecule has 2 aromatic carbocycles. The van der Waals surface area contributed by atoms with Crippen LogP contribution >= 0.6 is 0 Å². The van der Waals surface area contributed by atoms with E-state index in [1.165, 1.54) is 0 Å². The van der Waals surface area contributed by atoms with Gasteiger partial charge < -0.3 is 14.6 Å². The predicted molar refractivity (Wildman–Crippen MR) is 98.4 cm³/mol. The minimum Gasteiger partial charge on any atom is -0.496 e. The number of carbonyl (C=O) groups excluding carboxylic acids is 2. The van der Waals surface area contributed by atoms with Crippen LogP contribution in [0.1, 0.15) is 21.5 Å². The number of benzene rings is 2. The first kappa shape index (κ1) is 16.8. The van der Waals surface area contributed by atoms with Crippen LogP contribution in [0.2, 0.25) is 0 Å². The molecule has 1 aromatic heterocycles. The number of hydrogen-bond donors (Lipinski definition) is 1. The van der Waals surface area contributed by atoms with Crippen LogP contribution in [0.3, 0.4) is 0 Å². The van der Waals surface area contributed by atoms with Crippen molar-refractivity contribution in [3.8, 4) is 5.75 Å². The number of fused-ring (bicyclic) bond motifs is 1. The summed E-state index contributed by atoms with van der Waals surface area (Å²) < 4.78 is 7.09. The monoisotopic (exact) mass is 336 g/mol. The standard InChI is InChI=1S/C20H20N2O3/c1-13-9-19(25-3)14(2)8-17(13)21-20(24)11-22-10-15(12-23)16-6-4-5-7-18(16)22/h4-10,12H,11H2,1-3H3,(H,21,24). The van der Waals surface area contributed by atoms with Gasteiger partial charge in [0.15, 0.2) is 6.29 Å². The first-order chi connectivity index (χ1) is 12.0. The summed E-state index contributed by atoms with van der Waals surface area (Å²) in [5.74, 6) is 0.647. The maximum Gasteiger partial charge on any atom is 0.244 e. The zero-order chi connectivity index (χ0) is 18.0. The number of amides is 1. The highest BCUT2D eigenvalue weighted by molar-refractivity contribution is 5.99. The third-order valence-corrected chi connectivity index (χ3v) is 4.28. The van der Waals surface area contributed by atoms with Crippen molar-refractivity contribution in [2.75, 3.05) is 12.4 Å². The number of carbonyl (C=O) groups is 2. The van der Waals surface area contributed by atoms with Gasteiger partial charge in [0.25, 0.3) is 0 Å². The second kappa shape index (κ2) is 6.81. The number of nitrogens with zero attached hydrogens (tertiary/aromatic N) is 1. The normalized spacial score (nSPS) is 10.7. The lowest BCUT2D eigenvalue weighted by Gasteiger charge is -2.13. The molecule has 1 heterocycles. The second-order valence-electron chi connectivity index (χ2n) is 6.03. The van der Waals surface area contributed by atoms with Gasteiger partial charge in [0.1, 0.15) is 12.3 Å². The van der Waals surface area contributed by atoms with E-state index < -0.39 is 0 Å². The Morgan fingerprint density at radius 1 is 1.20 bits per heavy atom. The molecular weight excluding hydrogens is 316 g/mol. The third-order valence-electron chi connectivity index (χ3n) is 4.28. The lowest BCUT2D eigenvalue weighted by Crippen LogP contribution is -2.19. The largest absolute Gasteiger partial charge is 0.496 e. The highest BCUT2D eigenvalue weighted by Gasteiger charge is 2.12. The number of para-hydroxylation sites is 1. The molecule has 0 aliphatic rings. The average Bonchev–Trinajstić information content (AvgIpc) is 2.95. The molecule has 25 heavy (non-hydrogen) atoms. The Morgan fingerprint density at radius 2 is 1.96 bits per heavy atom. The van der Waals surface area contributed by atoms with E-state index in [1.54, 1.807) is 17.9 Å². The van der Waals surface area contributed by atoms with Crippen molar-refractivity contribution in [2.45, 2.75) is 20.4 Å². The average molecular weight is 336 g/mol. The van der Waals surface area contributed by atoms with Gasteiger partial charge in [-0.05, 0) is 43.2 Å². The number of anilines is 1. The van der Waals surface area contributed by atoms with Crippen molar-refractivity contribution in [3.05, 3.63) is 59.3 Å². The zero-order valence-corrected chi connectivity index (χ0v) is 14.5. The van der Waals surface area contributed by atoms with E-state index in [2.05, 4.69) is 5.32 Å². The molecule has 0 aliphatic carbocycles. The minimum absolute atomic E-state index is 0.138. The van der Waals surface area contributed by atoms with E-state index in [0.29, 0.717) is 5.56 Å². The Hall–Kier alpha value is -3.08. The summed E-state index contributed by atoms with van der Waals surface area (Å²) >= 11 is 0. The Bertz CT molecular complexity index is 957. The number of rotatable bonds is 5. The Labute approximate surface area is 146 Å². The van der Waals surface area contributed by atoms with Gasteiger partial charge in [-0.1, -0.05) is 18.2 Å². The van der Waals surface area contributed by atoms with Crippen LogP contribution in [-0.4, -0.2) is 23.9 Å². The molecule has 0 unspecified atom stereocenters. The highest BCUT2D eigenvalue weighted by atomic mass is 16.5. The van der Waals surface area contributed by atoms with E-state index in [9.17, 15) is 9.59 Å². The molecule has 1 N–H and O–H groups in total. The van der Waals surface area contributed by atoms with Crippen LogP contribution in [0.4, 0.5) is 5.69 Å². The van der Waals surface area contributed by atoms with Crippen molar-refractivity contribution in [1.29, 1.82) is 0 Å². The van der Waals surface area contributed by atoms with Gasteiger partial charge in [-0.2, -0.15) is 0 Å². The fourth-order valence-electron chi connectivity index (χ4n) is 2.99. The van der Waals surface area contributed by atoms with Gasteiger partial charge >= 0.3 is 0 Å². The van der Waals surface area contributed by atoms with Crippen LogP contribution in [0.25, 0.3) is 10.9 Å². The summed E-state index contributed by atoms with van der Waals surface area (Å²) in [6.07, 6.45) is 2.52. The molecule has 1 amide bonds. The number of aldehydes is 1. The van der Waals surface area contributed by atoms with Gasteiger partial charge in [-0.3, -0.25) is 9.59 Å². The molecule has 0 saturated carbocycles. The van der Waals surface area contributed by atoms with E-state index in [4.69, 9.17) is 4.74 Å². The summed E-state index contributed by atoms with van der Waals surface area (Å²) in [6, 6.07) is 11.4. The Kier molecular flexibility index (Phi) is 4.57. The molecule has 0 radical (unpaired) electrons. The number of aromatic nitrogens is 1. The Morgan fingerprint density at radius 3 is 2.68 bits per heavy atom. The van der Waals surface area contributed by atoms with Crippen LogP contribution in [-0.2, 0) is 11.3 Å². The molecular formula is C20H20N2O3. The SMILES string of the molecule is COc1cc(C)c(NC(=O)Cn2cc(C=O)c3ccccc32)cc1C. The van der Waals surface area contributed by atoms with Crippen molar-refractivity contribution in [1.82, 2.24) is 4.57 Å². The third kappa shape index (κ3) is 3.26. The van der Waals surface area contributed by atoms with Crippen LogP contribution < -0.4 is 10.1 Å². The van der Waals surface area contributed by atoms with Gasteiger partial charge in [-0.25, -0.2) is 0 Å². The molecule has 3 aromatic rings. The molecule has 0 aliphatic heterocycles. The fraction of sp³-hybridized carbons (Fsp3) is 0.200. The summed E-state index contributed by atoms with van der Waals surface area (Å²) in [4.78, 5) is 23.7. The number of aryl methyl sites for hydroxylation is 2. The van der Waals surface area contributed by atoms with Gasteiger partial charge in [-0.15, -0.1) is 0 Å². The summed E-state index contributed by atoms with van der Waals surface area (Å²) in [6.45, 7) is 4.00. The number of nitrogens with one attached hydrogen (secondary N) is 1. The zero-order valence-electron chi connectivity index (χ0n) is 14.5. The smallest absolute Gasteiger partial charge is 0.244 e. The maximum absolute atomic E-state index is 12.5. The molecule has 0 atom stereocenters. The van der Waals surface area contributed by atoms with E-state index in [1.807, 2.05) is 50.2 Å². The van der Waals surface area contributed by atoms with Crippen molar-refractivity contribution in [3.63, 3.8) is 0 Å². The first-order valence-corrected chi connectivity index (χ1v) is 8.01. The van der Waals surface area contributed by atoms with E-state index in [-0.39, 0.29) is 12.5 Å². The summed E-state index contributed by atoms with van der Waals surface area (Å²) in [5, 5.41) is 3.79. The molecule has 128 valence electrons. The number of methoxy groups -OCH3 is 1. The molecule has 5 heteroatoms. The molecule has 3 rings (SSSR count). The summed E-state index contributed by atoms with van der Waals surface area (Å²) in [7, 11) is 1.63. The van der Waals surface area contributed by atoms with Gasteiger partial charge in [0, 0.05) is 28.4 Å². The topological polar surface area (TPSA) is 60.3 Å². The lowest BCUT2D eigenvalue weighted by molar-refractivity contribution is -0.116. The molecule has 5 nitrogen and oxygen atoms in total. The van der Waals surface area contributed by atoms with Gasteiger partial charge in [0.2, 0.25) is 5.91 Å². The van der Waals surface area contributed by atoms with Crippen LogP contribution in [0.5, 0.6) is 5.75 Å². The van der Waals surface area contributed by atoms with Crippen LogP contribution in [0, 0.1) is 13.8 Å². The van der Waals surface area contributed by atoms with Crippen molar-refractivity contribution in [2.24, 2.45) is 0 Å². The fourth-order valence-corrected chi connectivity index (χ4v) is 2.99. The first-order valence-electron chi connectivity index (χ1n) is 8.01. The predicted octanol–water partition coefficient (Wildman–Crippen LogP) is 3.72. The number of hydrogen-bond acceptors (Lipinski definition) is 3. The summed E-state index contributed by atoms with van der Waals surface area (Å²) in [5.41, 5.74) is 4.09. The van der Waals surface area contributed by atoms with Crippen molar-refractivity contribution >= 4 is 28.8 Å². The second-order valence-corrected chi connectivity index (χ2v) is 6.03. The molecule has 0 spiro atoms. The molecule has 0 fully saturated rings. The lowest BCUT2D eigenvalue weighted by atomic mass is 10.1. The van der Waals surface area contributed by atoms with Crippen molar-refractivity contribution < 1.29 is 14.3 Å². The molecule has 0 bridgehead atoms.